The number of hydrogen-bond acceptors (Lipinski definition) is 0. The molecule has 2 atom stereocenters. The Hall–Kier alpha value is -5.30. The monoisotopic (exact) mass is 1010 g/mol. The summed E-state index contributed by atoms with van der Waals surface area (Å²) in [6.45, 7) is 19.5. The first-order valence-electron chi connectivity index (χ1n) is 24.8. The van der Waals surface area contributed by atoms with Gasteiger partial charge >= 0.3 is 407 Å². The van der Waals surface area contributed by atoms with Crippen molar-refractivity contribution < 1.29 is 45.1 Å². The summed E-state index contributed by atoms with van der Waals surface area (Å²) in [7, 11) is 0. The molecule has 0 spiro atoms. The molecule has 0 nitrogen and oxygen atoms in total. The van der Waals surface area contributed by atoms with Gasteiger partial charge in [0.1, 0.15) is 0 Å². The normalized spacial score (nSPS) is 15.7. The summed E-state index contributed by atoms with van der Waals surface area (Å²) >= 11 is -3.14. The summed E-state index contributed by atoms with van der Waals surface area (Å²) < 4.78 is 4.04. The Morgan fingerprint density at radius 3 is 0.884 bits per heavy atom. The van der Waals surface area contributed by atoms with Gasteiger partial charge < -0.3 is 24.8 Å². The van der Waals surface area contributed by atoms with Crippen LogP contribution < -0.4 is 24.8 Å². The van der Waals surface area contributed by atoms with E-state index in [1.807, 2.05) is 0 Å². The van der Waals surface area contributed by atoms with Gasteiger partial charge in [0.25, 0.3) is 0 Å². The van der Waals surface area contributed by atoms with Crippen molar-refractivity contribution in [2.75, 3.05) is 0 Å². The second-order valence-corrected chi connectivity index (χ2v) is 31.3. The zero-order valence-electron chi connectivity index (χ0n) is 41.4. The van der Waals surface area contributed by atoms with E-state index in [0.717, 1.165) is 12.8 Å². The van der Waals surface area contributed by atoms with Crippen LogP contribution in [0, 0.1) is 41.5 Å². The van der Waals surface area contributed by atoms with Crippen LogP contribution in [0.1, 0.15) is 89.6 Å². The molecule has 2 aliphatic carbocycles. The van der Waals surface area contributed by atoms with Crippen molar-refractivity contribution in [1.29, 1.82) is 0 Å². The molecule has 0 N–H and O–H groups in total. The van der Waals surface area contributed by atoms with Gasteiger partial charge in [0.05, 0.1) is 0 Å². The predicted molar refractivity (Wildman–Crippen MR) is 286 cm³/mol. The quantitative estimate of drug-likeness (QED) is 0.128. The topological polar surface area (TPSA) is 0 Å². The van der Waals surface area contributed by atoms with E-state index in [9.17, 15) is 0 Å². The van der Waals surface area contributed by atoms with Crippen LogP contribution in [0.15, 0.2) is 169 Å². The number of hydrogen-bond donors (Lipinski definition) is 0. The molecule has 8 aromatic rings. The number of halogens is 2. The summed E-state index contributed by atoms with van der Waals surface area (Å²) in [6.07, 6.45) is 7.63. The third-order valence-corrected chi connectivity index (χ3v) is 29.5. The van der Waals surface area contributed by atoms with Crippen molar-refractivity contribution in [3.63, 3.8) is 0 Å². The maximum absolute atomic E-state index is 3.14. The van der Waals surface area contributed by atoms with Gasteiger partial charge in [0, 0.05) is 0 Å². The van der Waals surface area contributed by atoms with E-state index < -0.39 is 20.3 Å². The van der Waals surface area contributed by atoms with Gasteiger partial charge in [0.2, 0.25) is 0 Å². The van der Waals surface area contributed by atoms with E-state index in [4.69, 9.17) is 0 Å². The van der Waals surface area contributed by atoms with Crippen LogP contribution in [0.25, 0.3) is 78.9 Å². The summed E-state index contributed by atoms with van der Waals surface area (Å²) in [5.74, 6) is 0. The SMILES string of the molecule is CCC1=Cc2c(-c3cc(-c4ccccc4)cc(-c4ccccc4)c3)c(C)c(C)c(C)c2[CH]1[Zr+2]1([CH]2C(CC)=Cc3c(-c4cc(-c5ccccc5)cc(-c5ccccc5)c4)c(C)c(C)c(C)c32)[CH2][CH2]1.[Cl-].[Cl-]. The van der Waals surface area contributed by atoms with Gasteiger partial charge in [-0.1, -0.05) is 0 Å². The van der Waals surface area contributed by atoms with Crippen molar-refractivity contribution >= 4 is 12.2 Å². The summed E-state index contributed by atoms with van der Waals surface area (Å²) in [5, 5.41) is 0. The molecule has 1 fully saturated rings. The first-order chi connectivity index (χ1) is 32.6. The van der Waals surface area contributed by atoms with Crippen LogP contribution >= 0.6 is 0 Å². The van der Waals surface area contributed by atoms with Crippen LogP contribution in [0.4, 0.5) is 0 Å². The fourth-order valence-corrected chi connectivity index (χ4v) is 30.9. The molecule has 8 aromatic carbocycles. The minimum Gasteiger partial charge on any atom is -1.00 e. The Balaban J connectivity index is 0.00000296. The van der Waals surface area contributed by atoms with Crippen LogP contribution in [0.3, 0.4) is 0 Å². The number of allylic oxidation sites excluding steroid dienone is 2. The van der Waals surface area contributed by atoms with Crippen LogP contribution in [-0.4, -0.2) is 0 Å². The summed E-state index contributed by atoms with van der Waals surface area (Å²) in [6, 6.07) is 58.7. The average molecular weight is 1020 g/mol. The first kappa shape index (κ1) is 48.7. The maximum atomic E-state index is 2.72. The molecule has 0 saturated carbocycles. The standard InChI is InChI=1S/2C32H29.C2H4.2ClH.Zr/c2*1-5-24-16-30-22(3)21(2)23(4)32(31(30)17-24)29-19-27(25-12-8-6-9-13-25)18-28(20-29)26-14-10-7-11-15-26;1-2;;;/h2*6-20H,5H2,1-4H3;1-2H2;2*1H;/q;;;;;+2/p-2. The van der Waals surface area contributed by atoms with Gasteiger partial charge in [0.15, 0.2) is 0 Å². The van der Waals surface area contributed by atoms with Gasteiger partial charge in [-0.15, -0.1) is 0 Å². The molecule has 1 heterocycles. The molecule has 0 aromatic heterocycles. The minimum atomic E-state index is -3.14. The van der Waals surface area contributed by atoms with Gasteiger partial charge in [-0.05, 0) is 0 Å². The first-order valence-corrected chi connectivity index (χ1v) is 31.1. The number of fused-ring (bicyclic) bond motifs is 2. The fraction of sp³-hybridized carbons (Fsp3) is 0.212. The zero-order valence-corrected chi connectivity index (χ0v) is 45.4. The molecular formula is C66H62Cl2Zr. The Bertz CT molecular complexity index is 2970. The molecule has 2 unspecified atom stereocenters. The smallest absolute Gasteiger partial charge is 1.00 e. The molecule has 11 rings (SSSR count). The molecule has 0 bridgehead atoms. The van der Waals surface area contributed by atoms with E-state index in [1.165, 1.54) is 120 Å². The second-order valence-electron chi connectivity index (χ2n) is 20.0. The molecule has 3 aliphatic rings. The van der Waals surface area contributed by atoms with Crippen molar-refractivity contribution in [3.05, 3.63) is 225 Å². The Labute approximate surface area is 428 Å². The van der Waals surface area contributed by atoms with E-state index in [1.54, 1.807) is 22.3 Å². The van der Waals surface area contributed by atoms with E-state index in [-0.39, 0.29) is 24.8 Å². The molecule has 69 heavy (non-hydrogen) atoms. The molecule has 1 aliphatic heterocycles. The third kappa shape index (κ3) is 8.22. The van der Waals surface area contributed by atoms with Crippen LogP contribution in [0.2, 0.25) is 8.26 Å². The van der Waals surface area contributed by atoms with Crippen molar-refractivity contribution in [2.24, 2.45) is 0 Å². The number of rotatable bonds is 10. The summed E-state index contributed by atoms with van der Waals surface area (Å²) in [4.78, 5) is 0. The van der Waals surface area contributed by atoms with E-state index in [0.29, 0.717) is 7.25 Å². The van der Waals surface area contributed by atoms with Crippen molar-refractivity contribution in [3.8, 4) is 66.8 Å². The Morgan fingerprint density at radius 2 is 0.623 bits per heavy atom. The molecule has 0 amide bonds. The minimum absolute atomic E-state index is 0. The number of benzene rings is 8. The third-order valence-electron chi connectivity index (χ3n) is 16.6. The zero-order chi connectivity index (χ0) is 46.1. The molecule has 1 saturated heterocycles. The van der Waals surface area contributed by atoms with E-state index in [2.05, 4.69) is 225 Å². The second kappa shape index (κ2) is 19.5. The van der Waals surface area contributed by atoms with Gasteiger partial charge in [-0.25, -0.2) is 0 Å². The fourth-order valence-electron chi connectivity index (χ4n) is 12.7. The van der Waals surface area contributed by atoms with Crippen LogP contribution in [-0.2, 0) is 20.3 Å². The average Bonchev–Trinajstić information content (AvgIpc) is 3.93. The van der Waals surface area contributed by atoms with Gasteiger partial charge in [-0.3, -0.25) is 0 Å². The predicted octanol–water partition coefficient (Wildman–Crippen LogP) is 12.9. The van der Waals surface area contributed by atoms with Crippen LogP contribution in [0.5, 0.6) is 0 Å². The maximum Gasteiger partial charge on any atom is -1.00 e. The van der Waals surface area contributed by atoms with Crippen molar-refractivity contribution in [2.45, 2.75) is 83.7 Å². The summed E-state index contributed by atoms with van der Waals surface area (Å²) in [5.41, 5.74) is 34.4. The Morgan fingerprint density at radius 1 is 0.348 bits per heavy atom. The molecular weight excluding hydrogens is 955 g/mol. The largest absolute Gasteiger partial charge is 1.00 e. The Kier molecular flexibility index (Phi) is 13.8. The molecule has 344 valence electrons. The van der Waals surface area contributed by atoms with Crippen molar-refractivity contribution in [1.82, 2.24) is 0 Å². The van der Waals surface area contributed by atoms with E-state index >= 15 is 0 Å². The molecule has 0 radical (unpaired) electrons. The van der Waals surface area contributed by atoms with Gasteiger partial charge in [-0.2, -0.15) is 0 Å². The molecule has 3 heteroatoms.